The number of hydrogen-bond acceptors (Lipinski definition) is 5. The molecule has 0 saturated heterocycles. The highest BCUT2D eigenvalue weighted by Crippen LogP contribution is 2.43. The first-order chi connectivity index (χ1) is 16.9. The van der Waals surface area contributed by atoms with Crippen LogP contribution in [-0.2, 0) is 13.0 Å². The molecule has 1 saturated carbocycles. The van der Waals surface area contributed by atoms with Crippen LogP contribution in [0.3, 0.4) is 0 Å². The van der Waals surface area contributed by atoms with Crippen molar-refractivity contribution in [2.75, 3.05) is 24.5 Å². The number of anilines is 1. The first-order valence-corrected chi connectivity index (χ1v) is 13.2. The van der Waals surface area contributed by atoms with Crippen molar-refractivity contribution in [1.82, 2.24) is 15.6 Å². The second kappa shape index (κ2) is 12.9. The molecule has 2 atom stereocenters. The number of nitrogens with one attached hydrogen (secondary N) is 3. The van der Waals surface area contributed by atoms with E-state index in [9.17, 15) is 9.90 Å². The fourth-order valence-corrected chi connectivity index (χ4v) is 4.75. The summed E-state index contributed by atoms with van der Waals surface area (Å²) in [5, 5.41) is 24.6. The summed E-state index contributed by atoms with van der Waals surface area (Å²) in [6, 6.07) is -0.224. The minimum Gasteiger partial charge on any atom is -0.392 e. The van der Waals surface area contributed by atoms with Crippen molar-refractivity contribution >= 4 is 18.1 Å². The normalized spacial score (nSPS) is 17.9. The number of amides is 2. The zero-order valence-electron chi connectivity index (χ0n) is 21.8. The molecule has 1 heterocycles. The van der Waals surface area contributed by atoms with E-state index in [0.29, 0.717) is 31.5 Å². The van der Waals surface area contributed by atoms with E-state index >= 15 is 0 Å². The molecule has 2 aliphatic rings. The molecule has 1 aromatic heterocycles. The van der Waals surface area contributed by atoms with Crippen LogP contribution in [0.15, 0.2) is 24.3 Å². The number of likely N-dealkylation sites (N-methyl/N-ethyl adjacent to an activating group) is 1. The van der Waals surface area contributed by atoms with Crippen LogP contribution >= 0.6 is 0 Å². The maximum Gasteiger partial charge on any atom is 0.315 e. The smallest absolute Gasteiger partial charge is 0.315 e. The van der Waals surface area contributed by atoms with Crippen LogP contribution in [0, 0.1) is 17.2 Å². The first kappa shape index (κ1) is 26.9. The summed E-state index contributed by atoms with van der Waals surface area (Å²) in [5.74, 6) is 1.76. The molecule has 2 aliphatic carbocycles. The van der Waals surface area contributed by atoms with Gasteiger partial charge >= 0.3 is 6.03 Å². The molecule has 0 aromatic carbocycles. The van der Waals surface area contributed by atoms with E-state index in [1.54, 1.807) is 0 Å². The van der Waals surface area contributed by atoms with Crippen molar-refractivity contribution in [1.29, 1.82) is 5.41 Å². The Morgan fingerprint density at radius 1 is 1.29 bits per heavy atom. The summed E-state index contributed by atoms with van der Waals surface area (Å²) in [7, 11) is 0. The van der Waals surface area contributed by atoms with Crippen LogP contribution in [0.1, 0.15) is 81.7 Å². The third kappa shape index (κ3) is 6.94. The van der Waals surface area contributed by atoms with Gasteiger partial charge in [-0.25, -0.2) is 9.78 Å². The fourth-order valence-electron chi connectivity index (χ4n) is 4.75. The van der Waals surface area contributed by atoms with Gasteiger partial charge in [-0.05, 0) is 50.0 Å². The van der Waals surface area contributed by atoms with E-state index in [4.69, 9.17) is 10.4 Å². The Balaban J connectivity index is 1.81. The SMILES string of the molecule is CCCc1c(C=N)c(N(CC)C[C@H](NC(=O)NCC2C=CC=CC2)C(C)C)nc(C2CC2)c1CO. The minimum absolute atomic E-state index is 0.0380. The molecule has 7 heteroatoms. The number of aliphatic hydroxyl groups excluding tert-OH is 1. The highest BCUT2D eigenvalue weighted by molar-refractivity contribution is 5.88. The lowest BCUT2D eigenvalue weighted by molar-refractivity contribution is 0.232. The van der Waals surface area contributed by atoms with Gasteiger partial charge in [0.25, 0.3) is 0 Å². The monoisotopic (exact) mass is 481 g/mol. The Kier molecular flexibility index (Phi) is 9.90. The van der Waals surface area contributed by atoms with Gasteiger partial charge in [-0.3, -0.25) is 0 Å². The minimum atomic E-state index is -0.149. The second-order valence-electron chi connectivity index (χ2n) is 10.1. The highest BCUT2D eigenvalue weighted by Gasteiger charge is 2.32. The van der Waals surface area contributed by atoms with Gasteiger partial charge in [-0.1, -0.05) is 51.5 Å². The van der Waals surface area contributed by atoms with Crippen molar-refractivity contribution in [2.24, 2.45) is 11.8 Å². The maximum atomic E-state index is 12.7. The molecule has 1 fully saturated rings. The molecule has 0 spiro atoms. The Labute approximate surface area is 210 Å². The number of aromatic nitrogens is 1. The number of carbonyl (C=O) groups is 1. The standard InChI is InChI=1S/C28H43N5O2/c1-5-10-22-23(15-29)27(32-26(21-13-14-21)24(22)18-34)33(6-2)17-25(19(3)4)31-28(35)30-16-20-11-8-7-9-12-20/h7-9,11,15,19-21,25,29,34H,5-6,10,12-14,16-18H2,1-4H3,(H2,30,31,35)/t20?,25-/m0/s1. The van der Waals surface area contributed by atoms with Crippen molar-refractivity contribution in [2.45, 2.75) is 78.4 Å². The average Bonchev–Trinajstić information content (AvgIpc) is 3.71. The zero-order valence-corrected chi connectivity index (χ0v) is 21.8. The van der Waals surface area contributed by atoms with Gasteiger partial charge in [-0.2, -0.15) is 0 Å². The summed E-state index contributed by atoms with van der Waals surface area (Å²) in [6.45, 7) is 10.3. The number of urea groups is 1. The van der Waals surface area contributed by atoms with Crippen LogP contribution in [0.5, 0.6) is 0 Å². The summed E-state index contributed by atoms with van der Waals surface area (Å²) in [4.78, 5) is 20.0. The van der Waals surface area contributed by atoms with E-state index in [0.717, 1.165) is 60.3 Å². The van der Waals surface area contributed by atoms with Crippen LogP contribution in [-0.4, -0.2) is 48.0 Å². The van der Waals surface area contributed by atoms with E-state index in [2.05, 4.69) is 55.4 Å². The lowest BCUT2D eigenvalue weighted by Gasteiger charge is -2.32. The molecular weight excluding hydrogens is 438 g/mol. The quantitative estimate of drug-likeness (QED) is 0.307. The molecule has 0 bridgehead atoms. The van der Waals surface area contributed by atoms with Gasteiger partial charge in [-0.15, -0.1) is 0 Å². The average molecular weight is 482 g/mol. The van der Waals surface area contributed by atoms with Gasteiger partial charge in [0.1, 0.15) is 5.82 Å². The van der Waals surface area contributed by atoms with Crippen LogP contribution in [0.25, 0.3) is 0 Å². The van der Waals surface area contributed by atoms with Crippen molar-refractivity contribution < 1.29 is 9.90 Å². The third-order valence-electron chi connectivity index (χ3n) is 7.05. The molecule has 4 N–H and O–H groups in total. The number of hydrogen-bond donors (Lipinski definition) is 4. The summed E-state index contributed by atoms with van der Waals surface area (Å²) < 4.78 is 0. The lowest BCUT2D eigenvalue weighted by Crippen LogP contribution is -2.51. The first-order valence-electron chi connectivity index (χ1n) is 13.2. The molecule has 35 heavy (non-hydrogen) atoms. The van der Waals surface area contributed by atoms with Gasteiger partial charge in [0.05, 0.1) is 18.3 Å². The molecule has 0 radical (unpaired) electrons. The number of nitrogens with zero attached hydrogens (tertiary/aromatic N) is 2. The Morgan fingerprint density at radius 3 is 2.60 bits per heavy atom. The second-order valence-corrected chi connectivity index (χ2v) is 10.1. The largest absolute Gasteiger partial charge is 0.392 e. The third-order valence-corrected chi connectivity index (χ3v) is 7.05. The summed E-state index contributed by atoms with van der Waals surface area (Å²) in [6.07, 6.45) is 14.6. The van der Waals surface area contributed by atoms with Gasteiger partial charge in [0.15, 0.2) is 0 Å². The Hall–Kier alpha value is -2.67. The number of allylic oxidation sites excluding steroid dienone is 3. The molecule has 3 rings (SSSR count). The predicted octanol–water partition coefficient (Wildman–Crippen LogP) is 4.68. The predicted molar refractivity (Wildman–Crippen MR) is 143 cm³/mol. The maximum absolute atomic E-state index is 12.7. The van der Waals surface area contributed by atoms with Crippen molar-refractivity contribution in [3.63, 3.8) is 0 Å². The number of carbonyl (C=O) groups excluding carboxylic acids is 1. The Morgan fingerprint density at radius 2 is 2.06 bits per heavy atom. The van der Waals surface area contributed by atoms with Crippen molar-refractivity contribution in [3.8, 4) is 0 Å². The van der Waals surface area contributed by atoms with Gasteiger partial charge in [0, 0.05) is 42.9 Å². The molecular formula is C28H43N5O2. The van der Waals surface area contributed by atoms with Crippen LogP contribution in [0.4, 0.5) is 10.6 Å². The van der Waals surface area contributed by atoms with E-state index < -0.39 is 0 Å². The number of rotatable bonds is 13. The highest BCUT2D eigenvalue weighted by atomic mass is 16.3. The van der Waals surface area contributed by atoms with Crippen molar-refractivity contribution in [3.05, 3.63) is 46.7 Å². The summed E-state index contributed by atoms with van der Waals surface area (Å²) >= 11 is 0. The molecule has 192 valence electrons. The van der Waals surface area contributed by atoms with E-state index in [-0.39, 0.29) is 24.6 Å². The Bertz CT molecular complexity index is 936. The number of pyridine rings is 1. The zero-order chi connectivity index (χ0) is 25.4. The van der Waals surface area contributed by atoms with E-state index in [1.807, 2.05) is 12.2 Å². The molecule has 2 amide bonds. The van der Waals surface area contributed by atoms with Gasteiger partial charge in [0.2, 0.25) is 0 Å². The summed E-state index contributed by atoms with van der Waals surface area (Å²) in [5.41, 5.74) is 3.76. The molecule has 0 aliphatic heterocycles. The molecule has 1 unspecified atom stereocenters. The lowest BCUT2D eigenvalue weighted by atomic mass is 9.94. The molecule has 7 nitrogen and oxygen atoms in total. The fraction of sp³-hybridized carbons (Fsp3) is 0.607. The topological polar surface area (TPSA) is 101 Å². The molecule has 1 aromatic rings. The van der Waals surface area contributed by atoms with Gasteiger partial charge < -0.3 is 26.0 Å². The number of aliphatic hydroxyl groups is 1. The van der Waals surface area contributed by atoms with Crippen LogP contribution < -0.4 is 15.5 Å². The van der Waals surface area contributed by atoms with E-state index in [1.165, 1.54) is 6.21 Å². The van der Waals surface area contributed by atoms with Crippen LogP contribution in [0.2, 0.25) is 0 Å².